The van der Waals surface area contributed by atoms with Crippen molar-refractivity contribution >= 4 is 0 Å². The molecule has 3 unspecified atom stereocenters. The van der Waals surface area contributed by atoms with Crippen LogP contribution in [0.1, 0.15) is 47.5 Å². The minimum absolute atomic E-state index is 0.231. The summed E-state index contributed by atoms with van der Waals surface area (Å²) in [7, 11) is 0. The van der Waals surface area contributed by atoms with Gasteiger partial charge in [-0.05, 0) is 30.1 Å². The Bertz CT molecular complexity index is 157. The topological polar surface area (TPSA) is 29.5 Å². The third-order valence-corrected chi connectivity index (χ3v) is 3.93. The maximum Gasteiger partial charge on any atom is 0.0496 e. The van der Waals surface area contributed by atoms with E-state index in [-0.39, 0.29) is 6.61 Å². The quantitative estimate of drug-likeness (QED) is 0.616. The van der Waals surface area contributed by atoms with Crippen LogP contribution < -0.4 is 0 Å². The van der Waals surface area contributed by atoms with Crippen molar-refractivity contribution in [3.8, 4) is 0 Å². The normalized spacial score (nSPS) is 17.4. The summed E-state index contributed by atoms with van der Waals surface area (Å²) in [5.41, 5.74) is 0. The van der Waals surface area contributed by atoms with Crippen LogP contribution in [0.5, 0.6) is 0 Å². The summed E-state index contributed by atoms with van der Waals surface area (Å²) in [6.07, 6.45) is 1.93. The average molecular weight is 230 g/mol. The Balaban J connectivity index is 3.96. The fourth-order valence-corrected chi connectivity index (χ4v) is 2.08. The molecule has 0 aliphatic heterocycles. The lowest BCUT2D eigenvalue weighted by Gasteiger charge is -2.30. The highest BCUT2D eigenvalue weighted by atomic mass is 16.5. The fourth-order valence-electron chi connectivity index (χ4n) is 2.08. The second-order valence-corrected chi connectivity index (χ2v) is 5.28. The zero-order chi connectivity index (χ0) is 12.6. The Kier molecular flexibility index (Phi) is 8.96. The Labute approximate surface area is 101 Å². The third-order valence-electron chi connectivity index (χ3n) is 3.93. The number of aliphatic hydroxyl groups excluding tert-OH is 1. The van der Waals surface area contributed by atoms with E-state index in [1.54, 1.807) is 0 Å². The van der Waals surface area contributed by atoms with Crippen LogP contribution in [0, 0.1) is 23.7 Å². The molecule has 2 heteroatoms. The van der Waals surface area contributed by atoms with Gasteiger partial charge >= 0.3 is 0 Å². The first-order valence-corrected chi connectivity index (χ1v) is 6.73. The van der Waals surface area contributed by atoms with Gasteiger partial charge < -0.3 is 9.84 Å². The van der Waals surface area contributed by atoms with Crippen molar-refractivity contribution in [2.24, 2.45) is 23.7 Å². The van der Waals surface area contributed by atoms with Crippen LogP contribution in [-0.4, -0.2) is 24.9 Å². The molecule has 0 heterocycles. The number of hydrogen-bond donors (Lipinski definition) is 1. The molecule has 0 aliphatic carbocycles. The van der Waals surface area contributed by atoms with Crippen LogP contribution >= 0.6 is 0 Å². The number of aliphatic hydroxyl groups is 1. The van der Waals surface area contributed by atoms with Crippen LogP contribution in [0.3, 0.4) is 0 Å². The Morgan fingerprint density at radius 1 is 1.06 bits per heavy atom. The van der Waals surface area contributed by atoms with Crippen LogP contribution in [0.25, 0.3) is 0 Å². The lowest BCUT2D eigenvalue weighted by atomic mass is 9.77. The molecule has 0 radical (unpaired) electrons. The molecular weight excluding hydrogens is 200 g/mol. The van der Waals surface area contributed by atoms with Gasteiger partial charge in [0.05, 0.1) is 0 Å². The van der Waals surface area contributed by atoms with Gasteiger partial charge in [0.25, 0.3) is 0 Å². The summed E-state index contributed by atoms with van der Waals surface area (Å²) >= 11 is 0. The second-order valence-electron chi connectivity index (χ2n) is 5.28. The van der Waals surface area contributed by atoms with Gasteiger partial charge in [-0.1, -0.05) is 41.0 Å². The lowest BCUT2D eigenvalue weighted by molar-refractivity contribution is 0.0521. The van der Waals surface area contributed by atoms with E-state index < -0.39 is 0 Å². The first-order valence-electron chi connectivity index (χ1n) is 6.73. The zero-order valence-electron chi connectivity index (χ0n) is 11.7. The summed E-state index contributed by atoms with van der Waals surface area (Å²) in [6.45, 7) is 13.3. The van der Waals surface area contributed by atoms with E-state index in [1.165, 1.54) is 6.42 Å². The first-order chi connectivity index (χ1) is 7.54. The standard InChI is InChI=1S/C14H30O2/c1-6-14(10-16-9-7-8-15)13(5)12(4)11(2)3/h11-15H,6-10H2,1-5H3. The van der Waals surface area contributed by atoms with E-state index >= 15 is 0 Å². The van der Waals surface area contributed by atoms with Crippen LogP contribution in [0.15, 0.2) is 0 Å². The summed E-state index contributed by atoms with van der Waals surface area (Å²) in [5.74, 6) is 2.84. The number of hydrogen-bond acceptors (Lipinski definition) is 2. The smallest absolute Gasteiger partial charge is 0.0496 e. The molecule has 0 aromatic heterocycles. The Morgan fingerprint density at radius 2 is 1.69 bits per heavy atom. The van der Waals surface area contributed by atoms with Crippen LogP contribution in [-0.2, 0) is 4.74 Å². The molecule has 0 saturated heterocycles. The minimum atomic E-state index is 0.231. The Morgan fingerprint density at radius 3 is 2.12 bits per heavy atom. The molecule has 0 spiro atoms. The van der Waals surface area contributed by atoms with Crippen molar-refractivity contribution < 1.29 is 9.84 Å². The highest BCUT2D eigenvalue weighted by molar-refractivity contribution is 4.72. The highest BCUT2D eigenvalue weighted by Gasteiger charge is 2.23. The molecule has 0 saturated carbocycles. The largest absolute Gasteiger partial charge is 0.396 e. The molecule has 0 rings (SSSR count). The number of rotatable bonds is 9. The van der Waals surface area contributed by atoms with Crippen molar-refractivity contribution in [1.29, 1.82) is 0 Å². The van der Waals surface area contributed by atoms with Gasteiger partial charge in [-0.15, -0.1) is 0 Å². The van der Waals surface area contributed by atoms with Crippen LogP contribution in [0.2, 0.25) is 0 Å². The molecular formula is C14H30O2. The molecule has 98 valence electrons. The lowest BCUT2D eigenvalue weighted by Crippen LogP contribution is -2.26. The summed E-state index contributed by atoms with van der Waals surface area (Å²) in [4.78, 5) is 0. The molecule has 0 bridgehead atoms. The number of ether oxygens (including phenoxy) is 1. The van der Waals surface area contributed by atoms with E-state index in [0.717, 1.165) is 24.9 Å². The molecule has 0 aromatic rings. The molecule has 1 N–H and O–H groups in total. The average Bonchev–Trinajstić information content (AvgIpc) is 2.27. The van der Waals surface area contributed by atoms with Gasteiger partial charge in [-0.3, -0.25) is 0 Å². The van der Waals surface area contributed by atoms with E-state index in [0.29, 0.717) is 18.4 Å². The monoisotopic (exact) mass is 230 g/mol. The third kappa shape index (κ3) is 5.86. The van der Waals surface area contributed by atoms with Crippen LogP contribution in [0.4, 0.5) is 0 Å². The van der Waals surface area contributed by atoms with Gasteiger partial charge in [0.2, 0.25) is 0 Å². The van der Waals surface area contributed by atoms with Gasteiger partial charge in [-0.25, -0.2) is 0 Å². The van der Waals surface area contributed by atoms with E-state index in [9.17, 15) is 0 Å². The summed E-state index contributed by atoms with van der Waals surface area (Å²) in [6, 6.07) is 0. The molecule has 3 atom stereocenters. The van der Waals surface area contributed by atoms with E-state index in [1.807, 2.05) is 0 Å². The van der Waals surface area contributed by atoms with Crippen molar-refractivity contribution in [2.45, 2.75) is 47.5 Å². The van der Waals surface area contributed by atoms with Crippen molar-refractivity contribution in [3.05, 3.63) is 0 Å². The molecule has 0 aromatic carbocycles. The second kappa shape index (κ2) is 9.00. The maximum absolute atomic E-state index is 8.68. The van der Waals surface area contributed by atoms with Gasteiger partial charge in [0.1, 0.15) is 0 Å². The molecule has 0 amide bonds. The van der Waals surface area contributed by atoms with E-state index in [2.05, 4.69) is 34.6 Å². The first kappa shape index (κ1) is 15.9. The molecule has 0 fully saturated rings. The van der Waals surface area contributed by atoms with Gasteiger partial charge in [0.15, 0.2) is 0 Å². The van der Waals surface area contributed by atoms with Gasteiger partial charge in [0, 0.05) is 19.8 Å². The Hall–Kier alpha value is -0.0800. The molecule has 2 nitrogen and oxygen atoms in total. The van der Waals surface area contributed by atoms with Gasteiger partial charge in [-0.2, -0.15) is 0 Å². The zero-order valence-corrected chi connectivity index (χ0v) is 11.7. The van der Waals surface area contributed by atoms with Crippen molar-refractivity contribution in [1.82, 2.24) is 0 Å². The minimum Gasteiger partial charge on any atom is -0.396 e. The van der Waals surface area contributed by atoms with Crippen molar-refractivity contribution in [3.63, 3.8) is 0 Å². The predicted octanol–water partition coefficient (Wildman–Crippen LogP) is 3.34. The fraction of sp³-hybridized carbons (Fsp3) is 1.00. The molecule has 16 heavy (non-hydrogen) atoms. The van der Waals surface area contributed by atoms with Crippen molar-refractivity contribution in [2.75, 3.05) is 19.8 Å². The molecule has 0 aliphatic rings. The predicted molar refractivity (Wildman–Crippen MR) is 69.5 cm³/mol. The maximum atomic E-state index is 8.68. The van der Waals surface area contributed by atoms with E-state index in [4.69, 9.17) is 9.84 Å². The summed E-state index contributed by atoms with van der Waals surface area (Å²) < 4.78 is 5.62. The SMILES string of the molecule is CCC(COCCCO)C(C)C(C)C(C)C. The summed E-state index contributed by atoms with van der Waals surface area (Å²) in [5, 5.41) is 8.68. The highest BCUT2D eigenvalue weighted by Crippen LogP contribution is 2.28.